The van der Waals surface area contributed by atoms with Crippen molar-refractivity contribution < 1.29 is 9.26 Å². The summed E-state index contributed by atoms with van der Waals surface area (Å²) in [5.41, 5.74) is 0. The van der Waals surface area contributed by atoms with Gasteiger partial charge >= 0.3 is 0 Å². The second-order valence-electron chi connectivity index (χ2n) is 4.07. The van der Waals surface area contributed by atoms with E-state index in [1.165, 1.54) is 0 Å². The van der Waals surface area contributed by atoms with Crippen LogP contribution < -0.4 is 4.74 Å². The number of thioether (sulfide) groups is 1. The zero-order valence-electron chi connectivity index (χ0n) is 11.0. The lowest BCUT2D eigenvalue weighted by molar-refractivity contribution is 0.343. The van der Waals surface area contributed by atoms with E-state index < -0.39 is 0 Å². The van der Waals surface area contributed by atoms with Crippen LogP contribution in [0, 0.1) is 0 Å². The molecule has 0 bridgehead atoms. The van der Waals surface area contributed by atoms with E-state index in [2.05, 4.69) is 17.1 Å². The fourth-order valence-corrected chi connectivity index (χ4v) is 2.21. The molecule has 0 radical (unpaired) electrons. The van der Waals surface area contributed by atoms with Gasteiger partial charge in [0.15, 0.2) is 5.82 Å². The van der Waals surface area contributed by atoms with Crippen molar-refractivity contribution in [1.82, 2.24) is 10.1 Å². The Balaban J connectivity index is 1.61. The molecular weight excluding hydrogens is 260 g/mol. The second-order valence-corrected chi connectivity index (χ2v) is 5.17. The predicted octanol–water partition coefficient (Wildman–Crippen LogP) is 3.33. The molecule has 0 saturated heterocycles. The minimum Gasteiger partial charge on any atom is -0.493 e. The van der Waals surface area contributed by atoms with Crippen LogP contribution in [0.15, 0.2) is 34.9 Å². The van der Waals surface area contributed by atoms with Crippen LogP contribution in [0.25, 0.3) is 0 Å². The van der Waals surface area contributed by atoms with Crippen LogP contribution in [0.1, 0.15) is 25.1 Å². The van der Waals surface area contributed by atoms with E-state index in [0.29, 0.717) is 12.5 Å². The maximum Gasteiger partial charge on any atom is 0.236 e. The third-order valence-electron chi connectivity index (χ3n) is 2.45. The van der Waals surface area contributed by atoms with Crippen LogP contribution in [-0.4, -0.2) is 22.5 Å². The van der Waals surface area contributed by atoms with Crippen LogP contribution in [-0.2, 0) is 12.2 Å². The molecule has 0 unspecified atom stereocenters. The van der Waals surface area contributed by atoms with E-state index in [-0.39, 0.29) is 0 Å². The van der Waals surface area contributed by atoms with Gasteiger partial charge in [0.2, 0.25) is 5.89 Å². The summed E-state index contributed by atoms with van der Waals surface area (Å²) >= 11 is 1.74. The van der Waals surface area contributed by atoms with Crippen molar-refractivity contribution in [3.05, 3.63) is 42.0 Å². The Morgan fingerprint density at radius 2 is 2.11 bits per heavy atom. The summed E-state index contributed by atoms with van der Waals surface area (Å²) in [4.78, 5) is 4.32. The summed E-state index contributed by atoms with van der Waals surface area (Å²) < 4.78 is 10.8. The van der Waals surface area contributed by atoms with Gasteiger partial charge in [0.05, 0.1) is 12.4 Å². The van der Waals surface area contributed by atoms with E-state index in [0.717, 1.165) is 35.9 Å². The number of benzene rings is 1. The Labute approximate surface area is 117 Å². The topological polar surface area (TPSA) is 48.2 Å². The van der Waals surface area contributed by atoms with Gasteiger partial charge in [0.1, 0.15) is 5.75 Å². The number of nitrogens with zero attached hydrogens (tertiary/aromatic N) is 2. The third kappa shape index (κ3) is 4.95. The Kier molecular flexibility index (Phi) is 5.75. The summed E-state index contributed by atoms with van der Waals surface area (Å²) in [6, 6.07) is 9.83. The summed E-state index contributed by atoms with van der Waals surface area (Å²) in [5, 5.41) is 3.92. The zero-order valence-corrected chi connectivity index (χ0v) is 11.9. The number of hydrogen-bond donors (Lipinski definition) is 0. The SMILES string of the molecule is CCCc1noc(CSCCOc2ccccc2)n1. The first-order valence-corrected chi connectivity index (χ1v) is 7.61. The van der Waals surface area contributed by atoms with Crippen molar-refractivity contribution >= 4 is 11.8 Å². The maximum absolute atomic E-state index is 5.60. The molecule has 1 aromatic carbocycles. The van der Waals surface area contributed by atoms with Gasteiger partial charge < -0.3 is 9.26 Å². The van der Waals surface area contributed by atoms with Crippen molar-refractivity contribution in [3.8, 4) is 5.75 Å². The normalized spacial score (nSPS) is 10.6. The average Bonchev–Trinajstić information content (AvgIpc) is 2.88. The minimum absolute atomic E-state index is 0.685. The molecule has 0 aliphatic rings. The van der Waals surface area contributed by atoms with E-state index in [1.54, 1.807) is 11.8 Å². The van der Waals surface area contributed by atoms with Crippen LogP contribution in [0.3, 0.4) is 0 Å². The van der Waals surface area contributed by atoms with E-state index >= 15 is 0 Å². The number of para-hydroxylation sites is 1. The molecule has 0 N–H and O–H groups in total. The molecule has 19 heavy (non-hydrogen) atoms. The Bertz CT molecular complexity index is 473. The molecule has 102 valence electrons. The number of rotatable bonds is 8. The van der Waals surface area contributed by atoms with Gasteiger partial charge in [-0.15, -0.1) is 11.8 Å². The molecule has 2 rings (SSSR count). The monoisotopic (exact) mass is 278 g/mol. The number of ether oxygens (including phenoxy) is 1. The Hall–Kier alpha value is -1.49. The molecule has 0 spiro atoms. The highest BCUT2D eigenvalue weighted by molar-refractivity contribution is 7.98. The summed E-state index contributed by atoms with van der Waals surface area (Å²) in [5.74, 6) is 4.06. The van der Waals surface area contributed by atoms with Crippen molar-refractivity contribution in [1.29, 1.82) is 0 Å². The third-order valence-corrected chi connectivity index (χ3v) is 3.36. The molecule has 1 heterocycles. The van der Waals surface area contributed by atoms with Gasteiger partial charge in [0.25, 0.3) is 0 Å². The van der Waals surface area contributed by atoms with E-state index in [9.17, 15) is 0 Å². The number of aromatic nitrogens is 2. The van der Waals surface area contributed by atoms with Gasteiger partial charge in [0, 0.05) is 12.2 Å². The Morgan fingerprint density at radius 3 is 2.89 bits per heavy atom. The second kappa shape index (κ2) is 7.84. The Morgan fingerprint density at radius 1 is 1.26 bits per heavy atom. The van der Waals surface area contributed by atoms with Gasteiger partial charge in [-0.1, -0.05) is 30.3 Å². The standard InChI is InChI=1S/C14H18N2O2S/c1-2-6-13-15-14(18-16-13)11-19-10-9-17-12-7-4-3-5-8-12/h3-5,7-8H,2,6,9-11H2,1H3. The fourth-order valence-electron chi connectivity index (χ4n) is 1.57. The van der Waals surface area contributed by atoms with Gasteiger partial charge in [-0.2, -0.15) is 4.98 Å². The quantitative estimate of drug-likeness (QED) is 0.693. The first-order chi connectivity index (χ1) is 9.38. The molecule has 0 fully saturated rings. The number of aryl methyl sites for hydroxylation is 1. The molecule has 0 amide bonds. The minimum atomic E-state index is 0.685. The van der Waals surface area contributed by atoms with Gasteiger partial charge in [-0.05, 0) is 18.6 Å². The molecule has 0 saturated carbocycles. The predicted molar refractivity (Wildman–Crippen MR) is 76.4 cm³/mol. The largest absolute Gasteiger partial charge is 0.493 e. The van der Waals surface area contributed by atoms with Crippen LogP contribution >= 0.6 is 11.8 Å². The first kappa shape index (κ1) is 13.9. The molecule has 0 atom stereocenters. The highest BCUT2D eigenvalue weighted by atomic mass is 32.2. The van der Waals surface area contributed by atoms with Crippen LogP contribution in [0.4, 0.5) is 0 Å². The van der Waals surface area contributed by atoms with Crippen LogP contribution in [0.2, 0.25) is 0 Å². The zero-order chi connectivity index (χ0) is 13.3. The lowest BCUT2D eigenvalue weighted by Crippen LogP contribution is -2.00. The lowest BCUT2D eigenvalue weighted by Gasteiger charge is -2.04. The smallest absolute Gasteiger partial charge is 0.236 e. The number of hydrogen-bond acceptors (Lipinski definition) is 5. The maximum atomic E-state index is 5.60. The lowest BCUT2D eigenvalue weighted by atomic mass is 10.3. The first-order valence-electron chi connectivity index (χ1n) is 6.45. The highest BCUT2D eigenvalue weighted by Crippen LogP contribution is 2.12. The average molecular weight is 278 g/mol. The fraction of sp³-hybridized carbons (Fsp3) is 0.429. The van der Waals surface area contributed by atoms with E-state index in [4.69, 9.17) is 9.26 Å². The molecule has 0 aliphatic carbocycles. The van der Waals surface area contributed by atoms with Crippen molar-refractivity contribution in [2.75, 3.05) is 12.4 Å². The molecule has 5 heteroatoms. The summed E-state index contributed by atoms with van der Waals surface area (Å²) in [6.07, 6.45) is 1.92. The molecular formula is C14H18N2O2S. The summed E-state index contributed by atoms with van der Waals surface area (Å²) in [6.45, 7) is 2.79. The molecule has 1 aromatic heterocycles. The summed E-state index contributed by atoms with van der Waals surface area (Å²) in [7, 11) is 0. The highest BCUT2D eigenvalue weighted by Gasteiger charge is 2.05. The molecule has 2 aromatic rings. The van der Waals surface area contributed by atoms with E-state index in [1.807, 2.05) is 30.3 Å². The van der Waals surface area contributed by atoms with Crippen molar-refractivity contribution in [2.45, 2.75) is 25.5 Å². The molecule has 4 nitrogen and oxygen atoms in total. The van der Waals surface area contributed by atoms with Crippen molar-refractivity contribution in [3.63, 3.8) is 0 Å². The van der Waals surface area contributed by atoms with Crippen LogP contribution in [0.5, 0.6) is 5.75 Å². The van der Waals surface area contributed by atoms with Crippen molar-refractivity contribution in [2.24, 2.45) is 0 Å². The van der Waals surface area contributed by atoms with Gasteiger partial charge in [-0.3, -0.25) is 0 Å². The van der Waals surface area contributed by atoms with Gasteiger partial charge in [-0.25, -0.2) is 0 Å². The molecule has 0 aliphatic heterocycles.